The van der Waals surface area contributed by atoms with Gasteiger partial charge in [0.15, 0.2) is 22.4 Å². The highest BCUT2D eigenvalue weighted by Crippen LogP contribution is 2.37. The Hall–Kier alpha value is -3.22. The van der Waals surface area contributed by atoms with Crippen LogP contribution in [0, 0.1) is 11.7 Å². The summed E-state index contributed by atoms with van der Waals surface area (Å²) in [5, 5.41) is 15.0. The highest BCUT2D eigenvalue weighted by Gasteiger charge is 2.22. The van der Waals surface area contributed by atoms with E-state index in [-0.39, 0.29) is 17.5 Å². The van der Waals surface area contributed by atoms with Gasteiger partial charge in [0, 0.05) is 22.9 Å². The quantitative estimate of drug-likeness (QED) is 0.195. The maximum Gasteiger partial charge on any atom is 0.264 e. The zero-order valence-corrected chi connectivity index (χ0v) is 21.3. The summed E-state index contributed by atoms with van der Waals surface area (Å²) in [6, 6.07) is 7.62. The van der Waals surface area contributed by atoms with E-state index in [9.17, 15) is 9.18 Å². The molecule has 9 nitrogen and oxygen atoms in total. The Bertz CT molecular complexity index is 1420. The van der Waals surface area contributed by atoms with Crippen molar-refractivity contribution < 1.29 is 18.7 Å². The molecule has 1 amide bonds. The average molecular weight is 547 g/mol. The molecule has 2 aromatic carbocycles. The van der Waals surface area contributed by atoms with Crippen LogP contribution in [0.1, 0.15) is 12.8 Å². The van der Waals surface area contributed by atoms with Crippen LogP contribution in [-0.2, 0) is 4.79 Å². The van der Waals surface area contributed by atoms with E-state index in [2.05, 4.69) is 30.8 Å². The van der Waals surface area contributed by atoms with Gasteiger partial charge in [-0.1, -0.05) is 34.7 Å². The number of hydrogen-bond donors (Lipinski definition) is 2. The lowest BCUT2D eigenvalue weighted by Gasteiger charge is -2.14. The van der Waals surface area contributed by atoms with E-state index in [1.54, 1.807) is 30.0 Å². The molecule has 13 heteroatoms. The van der Waals surface area contributed by atoms with E-state index in [1.807, 2.05) is 0 Å². The monoisotopic (exact) mass is 546 g/mol. The van der Waals surface area contributed by atoms with Crippen molar-refractivity contribution in [1.29, 1.82) is 0 Å². The van der Waals surface area contributed by atoms with E-state index in [1.165, 1.54) is 49.7 Å². The van der Waals surface area contributed by atoms with E-state index in [0.717, 1.165) is 16.0 Å². The summed E-state index contributed by atoms with van der Waals surface area (Å²) < 4.78 is 25.5. The van der Waals surface area contributed by atoms with Gasteiger partial charge in [-0.05, 0) is 43.0 Å². The predicted molar refractivity (Wildman–Crippen MR) is 138 cm³/mol. The summed E-state index contributed by atoms with van der Waals surface area (Å²) in [7, 11) is 1.50. The summed E-state index contributed by atoms with van der Waals surface area (Å²) in [6.45, 7) is -0.268. The minimum atomic E-state index is -0.518. The number of ether oxygens (including phenoxy) is 2. The molecular formula is C23H20ClFN6O3S2. The van der Waals surface area contributed by atoms with Crippen molar-refractivity contribution in [3.8, 4) is 11.5 Å². The third-order valence-electron chi connectivity index (χ3n) is 5.25. The third-order valence-corrected chi connectivity index (χ3v) is 7.75. The van der Waals surface area contributed by atoms with E-state index < -0.39 is 5.82 Å². The molecule has 36 heavy (non-hydrogen) atoms. The van der Waals surface area contributed by atoms with Crippen molar-refractivity contribution in [2.75, 3.05) is 30.1 Å². The number of halogens is 2. The Morgan fingerprint density at radius 3 is 2.86 bits per heavy atom. The Morgan fingerprint density at radius 1 is 1.22 bits per heavy atom. The molecule has 186 valence electrons. The van der Waals surface area contributed by atoms with Gasteiger partial charge in [-0.2, -0.15) is 0 Å². The standard InChI is InChI=1S/C23H20ClFN6O3S2/c1-33-18-8-17-14(21(27-11-26-17)28-13-4-5-16(25)15(24)6-13)7-19(18)34-9-20(32)29-22-30-31-23(36-22)35-10-12-2-3-12/h4-8,11-12H,2-3,9-10H2,1H3,(H,26,27,28)(H,29,30,32). The minimum Gasteiger partial charge on any atom is -0.493 e. The van der Waals surface area contributed by atoms with Crippen molar-refractivity contribution in [1.82, 2.24) is 20.2 Å². The smallest absolute Gasteiger partial charge is 0.264 e. The van der Waals surface area contributed by atoms with Gasteiger partial charge in [-0.25, -0.2) is 14.4 Å². The molecule has 0 bridgehead atoms. The van der Waals surface area contributed by atoms with Crippen LogP contribution in [0.15, 0.2) is 41.0 Å². The number of carbonyl (C=O) groups excluding carboxylic acids is 1. The number of thioether (sulfide) groups is 1. The summed E-state index contributed by atoms with van der Waals surface area (Å²) in [5.41, 5.74) is 1.13. The number of anilines is 3. The Balaban J connectivity index is 1.29. The summed E-state index contributed by atoms with van der Waals surface area (Å²) in [5.74, 6) is 2.09. The first-order valence-corrected chi connectivity index (χ1v) is 13.1. The number of carbonyl (C=O) groups is 1. The second-order valence-corrected chi connectivity index (χ2v) is 10.6. The molecule has 2 N–H and O–H groups in total. The average Bonchev–Trinajstić information content (AvgIpc) is 3.61. The van der Waals surface area contributed by atoms with Crippen molar-refractivity contribution >= 4 is 68.1 Å². The molecule has 2 aromatic heterocycles. The molecule has 0 unspecified atom stereocenters. The lowest BCUT2D eigenvalue weighted by molar-refractivity contribution is -0.118. The Labute approximate surface area is 218 Å². The molecule has 0 atom stereocenters. The lowest BCUT2D eigenvalue weighted by Crippen LogP contribution is -2.20. The number of nitrogens with one attached hydrogen (secondary N) is 2. The number of aromatic nitrogens is 4. The minimum absolute atomic E-state index is 0.0147. The van der Waals surface area contributed by atoms with Crippen molar-refractivity contribution in [2.24, 2.45) is 5.92 Å². The van der Waals surface area contributed by atoms with Crippen LogP contribution in [0.3, 0.4) is 0 Å². The van der Waals surface area contributed by atoms with E-state index in [4.69, 9.17) is 21.1 Å². The second kappa shape index (κ2) is 10.8. The highest BCUT2D eigenvalue weighted by atomic mass is 35.5. The first-order chi connectivity index (χ1) is 17.5. The fourth-order valence-corrected chi connectivity index (χ4v) is 5.40. The molecule has 0 saturated heterocycles. The van der Waals surface area contributed by atoms with Crippen LogP contribution < -0.4 is 20.1 Å². The normalized spacial score (nSPS) is 13.0. The van der Waals surface area contributed by atoms with Gasteiger partial charge in [0.2, 0.25) is 5.13 Å². The first-order valence-electron chi connectivity index (χ1n) is 10.9. The molecule has 0 spiro atoms. The topological polar surface area (TPSA) is 111 Å². The predicted octanol–water partition coefficient (Wildman–Crippen LogP) is 5.55. The maximum atomic E-state index is 13.5. The van der Waals surface area contributed by atoms with Crippen LogP contribution in [-0.4, -0.2) is 45.5 Å². The zero-order chi connectivity index (χ0) is 25.1. The number of hydrogen-bond acceptors (Lipinski definition) is 10. The molecule has 1 saturated carbocycles. The van der Waals surface area contributed by atoms with Crippen LogP contribution in [0.2, 0.25) is 5.02 Å². The highest BCUT2D eigenvalue weighted by molar-refractivity contribution is 8.01. The Kier molecular flexibility index (Phi) is 7.35. The van der Waals surface area contributed by atoms with Gasteiger partial charge in [0.1, 0.15) is 18.0 Å². The number of benzene rings is 2. The number of nitrogens with zero attached hydrogens (tertiary/aromatic N) is 4. The van der Waals surface area contributed by atoms with E-state index in [0.29, 0.717) is 39.0 Å². The fourth-order valence-electron chi connectivity index (χ4n) is 3.24. The summed E-state index contributed by atoms with van der Waals surface area (Å²) in [6.07, 6.45) is 3.94. The molecule has 0 radical (unpaired) electrons. The number of fused-ring (bicyclic) bond motifs is 1. The van der Waals surface area contributed by atoms with Gasteiger partial charge in [-0.15, -0.1) is 10.2 Å². The van der Waals surface area contributed by atoms with Gasteiger partial charge in [-0.3, -0.25) is 10.1 Å². The van der Waals surface area contributed by atoms with Crippen LogP contribution >= 0.6 is 34.7 Å². The molecule has 5 rings (SSSR count). The lowest BCUT2D eigenvalue weighted by atomic mass is 10.2. The van der Waals surface area contributed by atoms with Crippen LogP contribution in [0.25, 0.3) is 10.9 Å². The SMILES string of the molecule is COc1cc2ncnc(Nc3ccc(F)c(Cl)c3)c2cc1OCC(=O)Nc1nnc(SCC2CC2)s1. The van der Waals surface area contributed by atoms with Crippen molar-refractivity contribution in [3.05, 3.63) is 47.5 Å². The van der Waals surface area contributed by atoms with Crippen LogP contribution in [0.5, 0.6) is 11.5 Å². The van der Waals surface area contributed by atoms with Gasteiger partial charge in [0.05, 0.1) is 17.6 Å². The largest absolute Gasteiger partial charge is 0.493 e. The summed E-state index contributed by atoms with van der Waals surface area (Å²) in [4.78, 5) is 21.0. The van der Waals surface area contributed by atoms with E-state index >= 15 is 0 Å². The summed E-state index contributed by atoms with van der Waals surface area (Å²) >= 11 is 8.89. The molecule has 0 aliphatic heterocycles. The van der Waals surface area contributed by atoms with Gasteiger partial charge in [0.25, 0.3) is 5.91 Å². The van der Waals surface area contributed by atoms with Crippen molar-refractivity contribution in [2.45, 2.75) is 17.2 Å². The fraction of sp³-hybridized carbons (Fsp3) is 0.261. The second-order valence-electron chi connectivity index (χ2n) is 7.96. The van der Waals surface area contributed by atoms with Crippen molar-refractivity contribution in [3.63, 3.8) is 0 Å². The van der Waals surface area contributed by atoms with Crippen LogP contribution in [0.4, 0.5) is 21.0 Å². The first kappa shape index (κ1) is 24.5. The number of rotatable bonds is 10. The molecule has 1 fully saturated rings. The molecule has 1 aliphatic rings. The molecule has 1 aliphatic carbocycles. The maximum absolute atomic E-state index is 13.5. The number of methoxy groups -OCH3 is 1. The number of amides is 1. The molecule has 4 aromatic rings. The van der Waals surface area contributed by atoms with Gasteiger partial charge < -0.3 is 14.8 Å². The zero-order valence-electron chi connectivity index (χ0n) is 19.0. The molecule has 2 heterocycles. The van der Waals surface area contributed by atoms with Gasteiger partial charge >= 0.3 is 0 Å². The third kappa shape index (κ3) is 5.94. The Morgan fingerprint density at radius 2 is 2.08 bits per heavy atom. The molecular weight excluding hydrogens is 527 g/mol.